The summed E-state index contributed by atoms with van der Waals surface area (Å²) in [7, 11) is 0. The van der Waals surface area contributed by atoms with Crippen molar-refractivity contribution in [2.45, 2.75) is 76.6 Å². The SMILES string of the molecule is CC(O)CC(C)NC1CCCC1C1CCCN1. The van der Waals surface area contributed by atoms with E-state index in [9.17, 15) is 5.11 Å². The van der Waals surface area contributed by atoms with Crippen molar-refractivity contribution < 1.29 is 5.11 Å². The Labute approximate surface area is 105 Å². The second-order valence-electron chi connectivity index (χ2n) is 6.06. The summed E-state index contributed by atoms with van der Waals surface area (Å²) in [5.74, 6) is 0.814. The van der Waals surface area contributed by atoms with Gasteiger partial charge in [-0.05, 0) is 58.4 Å². The van der Waals surface area contributed by atoms with E-state index in [1.165, 1.54) is 38.6 Å². The van der Waals surface area contributed by atoms with Gasteiger partial charge in [-0.15, -0.1) is 0 Å². The summed E-state index contributed by atoms with van der Waals surface area (Å²) in [6.45, 7) is 5.28. The van der Waals surface area contributed by atoms with Crippen LogP contribution in [0.4, 0.5) is 0 Å². The molecule has 0 aromatic carbocycles. The van der Waals surface area contributed by atoms with Crippen molar-refractivity contribution in [2.24, 2.45) is 5.92 Å². The predicted molar refractivity (Wildman–Crippen MR) is 71.0 cm³/mol. The average molecular weight is 240 g/mol. The lowest BCUT2D eigenvalue weighted by atomic mass is 9.92. The summed E-state index contributed by atoms with van der Waals surface area (Å²) < 4.78 is 0. The Morgan fingerprint density at radius 1 is 1.24 bits per heavy atom. The molecule has 1 aliphatic carbocycles. The largest absolute Gasteiger partial charge is 0.393 e. The molecule has 17 heavy (non-hydrogen) atoms. The Kier molecular flexibility index (Phi) is 4.83. The molecule has 5 unspecified atom stereocenters. The Morgan fingerprint density at radius 3 is 2.71 bits per heavy atom. The van der Waals surface area contributed by atoms with Crippen molar-refractivity contribution in [1.82, 2.24) is 10.6 Å². The van der Waals surface area contributed by atoms with Gasteiger partial charge in [-0.3, -0.25) is 0 Å². The molecule has 2 rings (SSSR count). The molecule has 0 spiro atoms. The van der Waals surface area contributed by atoms with Crippen molar-refractivity contribution >= 4 is 0 Å². The van der Waals surface area contributed by atoms with Crippen LogP contribution in [0.2, 0.25) is 0 Å². The maximum atomic E-state index is 9.42. The van der Waals surface area contributed by atoms with E-state index < -0.39 is 0 Å². The Balaban J connectivity index is 1.82. The van der Waals surface area contributed by atoms with Crippen LogP contribution in [0.15, 0.2) is 0 Å². The monoisotopic (exact) mass is 240 g/mol. The van der Waals surface area contributed by atoms with Gasteiger partial charge in [0.2, 0.25) is 0 Å². The van der Waals surface area contributed by atoms with Crippen LogP contribution in [-0.2, 0) is 0 Å². The molecule has 5 atom stereocenters. The minimum absolute atomic E-state index is 0.193. The molecule has 0 radical (unpaired) electrons. The van der Waals surface area contributed by atoms with Crippen LogP contribution in [0.3, 0.4) is 0 Å². The standard InChI is InChI=1S/C14H28N2O/c1-10(9-11(2)17)16-14-6-3-5-12(14)13-7-4-8-15-13/h10-17H,3-9H2,1-2H3. The van der Waals surface area contributed by atoms with Crippen molar-refractivity contribution in [3.63, 3.8) is 0 Å². The molecular formula is C14H28N2O. The summed E-state index contributed by atoms with van der Waals surface area (Å²) in [5, 5.41) is 16.8. The fourth-order valence-electron chi connectivity index (χ4n) is 3.70. The first kappa shape index (κ1) is 13.3. The van der Waals surface area contributed by atoms with Gasteiger partial charge in [-0.1, -0.05) is 6.42 Å². The van der Waals surface area contributed by atoms with Crippen LogP contribution in [-0.4, -0.2) is 35.9 Å². The van der Waals surface area contributed by atoms with Crippen molar-refractivity contribution in [3.8, 4) is 0 Å². The second-order valence-corrected chi connectivity index (χ2v) is 6.06. The predicted octanol–water partition coefficient (Wildman–Crippen LogP) is 1.66. The zero-order valence-electron chi connectivity index (χ0n) is 11.3. The molecule has 3 heteroatoms. The fraction of sp³-hybridized carbons (Fsp3) is 1.00. The Bertz CT molecular complexity index is 226. The molecule has 100 valence electrons. The third-order valence-corrected chi connectivity index (χ3v) is 4.38. The highest BCUT2D eigenvalue weighted by atomic mass is 16.3. The molecule has 3 N–H and O–H groups in total. The maximum Gasteiger partial charge on any atom is 0.0526 e. The van der Waals surface area contributed by atoms with Gasteiger partial charge in [0.05, 0.1) is 6.10 Å². The van der Waals surface area contributed by atoms with E-state index in [1.807, 2.05) is 6.92 Å². The molecule has 3 nitrogen and oxygen atoms in total. The number of aliphatic hydroxyl groups excluding tert-OH is 1. The summed E-state index contributed by atoms with van der Waals surface area (Å²) in [4.78, 5) is 0. The number of hydrogen-bond acceptors (Lipinski definition) is 3. The van der Waals surface area contributed by atoms with E-state index in [0.717, 1.165) is 18.4 Å². The molecular weight excluding hydrogens is 212 g/mol. The normalized spacial score (nSPS) is 37.2. The van der Waals surface area contributed by atoms with Crippen LogP contribution in [0.1, 0.15) is 52.4 Å². The van der Waals surface area contributed by atoms with Crippen LogP contribution >= 0.6 is 0 Å². The number of nitrogens with one attached hydrogen (secondary N) is 2. The molecule has 1 saturated carbocycles. The van der Waals surface area contributed by atoms with Crippen LogP contribution < -0.4 is 10.6 Å². The highest BCUT2D eigenvalue weighted by Crippen LogP contribution is 2.32. The van der Waals surface area contributed by atoms with Gasteiger partial charge < -0.3 is 15.7 Å². The van der Waals surface area contributed by atoms with Crippen molar-refractivity contribution in [1.29, 1.82) is 0 Å². The van der Waals surface area contributed by atoms with Gasteiger partial charge in [-0.2, -0.15) is 0 Å². The summed E-state index contributed by atoms with van der Waals surface area (Å²) in [6, 6.07) is 1.84. The van der Waals surface area contributed by atoms with Gasteiger partial charge in [0.1, 0.15) is 0 Å². The lowest BCUT2D eigenvalue weighted by Crippen LogP contribution is -2.45. The van der Waals surface area contributed by atoms with Crippen molar-refractivity contribution in [2.75, 3.05) is 6.54 Å². The first-order valence-corrected chi connectivity index (χ1v) is 7.34. The van der Waals surface area contributed by atoms with Crippen LogP contribution in [0.5, 0.6) is 0 Å². The molecule has 0 aromatic rings. The maximum absolute atomic E-state index is 9.42. The zero-order valence-corrected chi connectivity index (χ0v) is 11.3. The molecule has 1 heterocycles. The Hall–Kier alpha value is -0.120. The van der Waals surface area contributed by atoms with Crippen molar-refractivity contribution in [3.05, 3.63) is 0 Å². The van der Waals surface area contributed by atoms with Crippen LogP contribution in [0.25, 0.3) is 0 Å². The van der Waals surface area contributed by atoms with Gasteiger partial charge in [0, 0.05) is 18.1 Å². The lowest BCUT2D eigenvalue weighted by molar-refractivity contribution is 0.164. The van der Waals surface area contributed by atoms with E-state index >= 15 is 0 Å². The highest BCUT2D eigenvalue weighted by Gasteiger charge is 2.35. The topological polar surface area (TPSA) is 44.3 Å². The smallest absolute Gasteiger partial charge is 0.0526 e. The lowest BCUT2D eigenvalue weighted by Gasteiger charge is -2.29. The third-order valence-electron chi connectivity index (χ3n) is 4.38. The van der Waals surface area contributed by atoms with E-state index in [4.69, 9.17) is 0 Å². The quantitative estimate of drug-likeness (QED) is 0.685. The second kappa shape index (κ2) is 6.17. The Morgan fingerprint density at radius 2 is 2.06 bits per heavy atom. The molecule has 1 aliphatic heterocycles. The molecule has 1 saturated heterocycles. The number of aliphatic hydroxyl groups is 1. The summed E-state index contributed by atoms with van der Waals surface area (Å²) in [5.41, 5.74) is 0. The summed E-state index contributed by atoms with van der Waals surface area (Å²) >= 11 is 0. The fourth-order valence-corrected chi connectivity index (χ4v) is 3.70. The first-order chi connectivity index (χ1) is 8.16. The van der Waals surface area contributed by atoms with Crippen LogP contribution in [0, 0.1) is 5.92 Å². The highest BCUT2D eigenvalue weighted by molar-refractivity contribution is 4.94. The van der Waals surface area contributed by atoms with Gasteiger partial charge >= 0.3 is 0 Å². The van der Waals surface area contributed by atoms with E-state index in [0.29, 0.717) is 12.1 Å². The first-order valence-electron chi connectivity index (χ1n) is 7.34. The molecule has 0 bridgehead atoms. The average Bonchev–Trinajstić information content (AvgIpc) is 2.84. The zero-order chi connectivity index (χ0) is 12.3. The van der Waals surface area contributed by atoms with E-state index in [1.54, 1.807) is 0 Å². The van der Waals surface area contributed by atoms with Gasteiger partial charge in [0.15, 0.2) is 0 Å². The number of hydrogen-bond donors (Lipinski definition) is 3. The van der Waals surface area contributed by atoms with Gasteiger partial charge in [-0.25, -0.2) is 0 Å². The minimum Gasteiger partial charge on any atom is -0.393 e. The molecule has 0 aromatic heterocycles. The van der Waals surface area contributed by atoms with E-state index in [-0.39, 0.29) is 6.10 Å². The summed E-state index contributed by atoms with van der Waals surface area (Å²) in [6.07, 6.45) is 7.42. The van der Waals surface area contributed by atoms with Gasteiger partial charge in [0.25, 0.3) is 0 Å². The minimum atomic E-state index is -0.193. The van der Waals surface area contributed by atoms with E-state index in [2.05, 4.69) is 17.6 Å². The molecule has 2 fully saturated rings. The molecule has 0 amide bonds. The third kappa shape index (κ3) is 3.67. The molecule has 2 aliphatic rings. The number of rotatable bonds is 5.